The first kappa shape index (κ1) is 9.79. The smallest absolute Gasteiger partial charge is 0.0489 e. The van der Waals surface area contributed by atoms with Crippen LogP contribution in [-0.4, -0.2) is 10.7 Å². The van der Waals surface area contributed by atoms with Crippen LogP contribution in [0.3, 0.4) is 0 Å². The summed E-state index contributed by atoms with van der Waals surface area (Å²) in [6.07, 6.45) is 1.19. The van der Waals surface area contributed by atoms with E-state index in [0.717, 1.165) is 5.75 Å². The van der Waals surface area contributed by atoms with E-state index in [2.05, 4.69) is 40.0 Å². The predicted octanol–water partition coefficient (Wildman–Crippen LogP) is 4.03. The molecule has 0 spiro atoms. The molecule has 0 unspecified atom stereocenters. The van der Waals surface area contributed by atoms with Crippen LogP contribution in [0.1, 0.15) is 16.8 Å². The third-order valence-corrected chi connectivity index (χ3v) is 4.45. The molecule has 0 saturated carbocycles. The van der Waals surface area contributed by atoms with Crippen LogP contribution in [-0.2, 0) is 12.2 Å². The summed E-state index contributed by atoms with van der Waals surface area (Å²) >= 11 is 5.61. The lowest BCUT2D eigenvalue weighted by molar-refractivity contribution is 1.04. The van der Waals surface area contributed by atoms with E-state index in [0.29, 0.717) is 0 Å². The number of thioether (sulfide) groups is 1. The Bertz CT molecular complexity index is 530. The number of rotatable bonds is 0. The summed E-state index contributed by atoms with van der Waals surface area (Å²) in [5, 5.41) is 1.41. The summed E-state index contributed by atoms with van der Waals surface area (Å²) in [7, 11) is 0. The molecule has 1 aromatic carbocycles. The molecule has 0 atom stereocenters. The zero-order valence-corrected chi connectivity index (χ0v) is 11.0. The van der Waals surface area contributed by atoms with Crippen molar-refractivity contribution >= 4 is 38.6 Å². The van der Waals surface area contributed by atoms with Crippen LogP contribution in [0.15, 0.2) is 16.6 Å². The van der Waals surface area contributed by atoms with Crippen molar-refractivity contribution in [3.05, 3.63) is 33.4 Å². The standard InChI is InChI=1S/C12H12BrNS/c1-7-4-8(13)5-9-10-6-15-3-2-11(10)14-12(7)9/h4-5,14H,2-3,6H2,1H3. The minimum absolute atomic E-state index is 1.16. The predicted molar refractivity (Wildman–Crippen MR) is 70.6 cm³/mol. The number of nitrogens with one attached hydrogen (secondary N) is 1. The van der Waals surface area contributed by atoms with E-state index >= 15 is 0 Å². The number of fused-ring (bicyclic) bond motifs is 3. The average Bonchev–Trinajstić information content (AvgIpc) is 2.57. The highest BCUT2D eigenvalue weighted by Crippen LogP contribution is 2.34. The number of aromatic amines is 1. The molecule has 1 aromatic heterocycles. The zero-order chi connectivity index (χ0) is 10.4. The quantitative estimate of drug-likeness (QED) is 0.771. The SMILES string of the molecule is Cc1cc(Br)cc2c3c([nH]c12)CCSC3. The molecule has 0 fully saturated rings. The molecule has 1 aliphatic rings. The number of H-pyrrole nitrogens is 1. The monoisotopic (exact) mass is 281 g/mol. The van der Waals surface area contributed by atoms with E-state index < -0.39 is 0 Å². The number of hydrogen-bond donors (Lipinski definition) is 1. The fourth-order valence-electron chi connectivity index (χ4n) is 2.26. The van der Waals surface area contributed by atoms with Gasteiger partial charge in [0.05, 0.1) is 0 Å². The third kappa shape index (κ3) is 1.53. The Morgan fingerprint density at radius 1 is 1.40 bits per heavy atom. The Kier molecular flexibility index (Phi) is 2.33. The van der Waals surface area contributed by atoms with Crippen molar-refractivity contribution in [2.75, 3.05) is 5.75 Å². The van der Waals surface area contributed by atoms with Gasteiger partial charge < -0.3 is 4.98 Å². The van der Waals surface area contributed by atoms with Crippen LogP contribution < -0.4 is 0 Å². The van der Waals surface area contributed by atoms with Gasteiger partial charge in [0.25, 0.3) is 0 Å². The van der Waals surface area contributed by atoms with E-state index in [1.165, 1.54) is 44.4 Å². The summed E-state index contributed by atoms with van der Waals surface area (Å²) in [5.41, 5.74) is 5.63. The van der Waals surface area contributed by atoms with Gasteiger partial charge in [0.2, 0.25) is 0 Å². The van der Waals surface area contributed by atoms with Gasteiger partial charge in [-0.3, -0.25) is 0 Å². The molecule has 1 nitrogen and oxygen atoms in total. The molecular weight excluding hydrogens is 270 g/mol. The van der Waals surface area contributed by atoms with E-state index in [-0.39, 0.29) is 0 Å². The number of benzene rings is 1. The molecule has 0 radical (unpaired) electrons. The minimum Gasteiger partial charge on any atom is -0.358 e. The first-order valence-corrected chi connectivity index (χ1v) is 7.08. The number of halogens is 1. The van der Waals surface area contributed by atoms with Crippen molar-refractivity contribution in [1.82, 2.24) is 4.98 Å². The van der Waals surface area contributed by atoms with Crippen LogP contribution in [0.5, 0.6) is 0 Å². The molecule has 1 N–H and O–H groups in total. The van der Waals surface area contributed by atoms with Gasteiger partial charge in [0.15, 0.2) is 0 Å². The Balaban J connectivity index is 2.37. The van der Waals surface area contributed by atoms with Crippen LogP contribution in [0.2, 0.25) is 0 Å². The molecule has 2 heterocycles. The molecule has 0 saturated heterocycles. The molecule has 1 aliphatic heterocycles. The molecule has 3 heteroatoms. The van der Waals surface area contributed by atoms with Crippen molar-refractivity contribution in [2.45, 2.75) is 19.1 Å². The van der Waals surface area contributed by atoms with Crippen molar-refractivity contribution in [3.8, 4) is 0 Å². The fraction of sp³-hybridized carbons (Fsp3) is 0.333. The van der Waals surface area contributed by atoms with Gasteiger partial charge in [0, 0.05) is 26.8 Å². The lowest BCUT2D eigenvalue weighted by atomic mass is 10.1. The number of hydrogen-bond acceptors (Lipinski definition) is 1. The Hall–Kier alpha value is -0.410. The van der Waals surface area contributed by atoms with E-state index in [4.69, 9.17) is 0 Å². The molecule has 0 aliphatic carbocycles. The maximum absolute atomic E-state index is 3.58. The molecular formula is C12H12BrNS. The first-order chi connectivity index (χ1) is 7.25. The van der Waals surface area contributed by atoms with Gasteiger partial charge in [-0.25, -0.2) is 0 Å². The molecule has 15 heavy (non-hydrogen) atoms. The second-order valence-electron chi connectivity index (χ2n) is 4.03. The second-order valence-corrected chi connectivity index (χ2v) is 6.05. The van der Waals surface area contributed by atoms with Gasteiger partial charge in [-0.1, -0.05) is 15.9 Å². The van der Waals surface area contributed by atoms with Crippen LogP contribution in [0, 0.1) is 6.92 Å². The second kappa shape index (κ2) is 3.56. The number of aryl methyl sites for hydroxylation is 2. The molecule has 78 valence electrons. The minimum atomic E-state index is 1.16. The normalized spacial score (nSPS) is 15.6. The highest BCUT2D eigenvalue weighted by molar-refractivity contribution is 9.10. The van der Waals surface area contributed by atoms with Crippen molar-refractivity contribution < 1.29 is 0 Å². The third-order valence-electron chi connectivity index (χ3n) is 3.01. The van der Waals surface area contributed by atoms with Crippen LogP contribution in [0.4, 0.5) is 0 Å². The first-order valence-electron chi connectivity index (χ1n) is 5.13. The van der Waals surface area contributed by atoms with Gasteiger partial charge in [-0.2, -0.15) is 11.8 Å². The highest BCUT2D eigenvalue weighted by Gasteiger charge is 2.16. The van der Waals surface area contributed by atoms with Gasteiger partial charge in [-0.15, -0.1) is 0 Å². The van der Waals surface area contributed by atoms with Crippen molar-refractivity contribution in [1.29, 1.82) is 0 Å². The maximum atomic E-state index is 3.58. The zero-order valence-electron chi connectivity index (χ0n) is 8.56. The summed E-state index contributed by atoms with van der Waals surface area (Å²) in [4.78, 5) is 3.58. The lowest BCUT2D eigenvalue weighted by Crippen LogP contribution is -1.99. The van der Waals surface area contributed by atoms with Crippen molar-refractivity contribution in [3.63, 3.8) is 0 Å². The summed E-state index contributed by atoms with van der Waals surface area (Å²) in [6, 6.07) is 4.42. The molecule has 2 aromatic rings. The largest absolute Gasteiger partial charge is 0.358 e. The van der Waals surface area contributed by atoms with Gasteiger partial charge in [-0.05, 0) is 42.4 Å². The Labute approximate surface area is 102 Å². The molecule has 3 rings (SSSR count). The van der Waals surface area contributed by atoms with Crippen LogP contribution in [0.25, 0.3) is 10.9 Å². The van der Waals surface area contributed by atoms with E-state index in [1.807, 2.05) is 11.8 Å². The van der Waals surface area contributed by atoms with E-state index in [9.17, 15) is 0 Å². The van der Waals surface area contributed by atoms with Crippen LogP contribution >= 0.6 is 27.7 Å². The van der Waals surface area contributed by atoms with E-state index in [1.54, 1.807) is 0 Å². The summed E-state index contributed by atoms with van der Waals surface area (Å²) < 4.78 is 1.19. The molecule has 0 bridgehead atoms. The van der Waals surface area contributed by atoms with Crippen molar-refractivity contribution in [2.24, 2.45) is 0 Å². The summed E-state index contributed by atoms with van der Waals surface area (Å²) in [5.74, 6) is 2.41. The number of aromatic nitrogens is 1. The maximum Gasteiger partial charge on any atom is 0.0489 e. The fourth-order valence-corrected chi connectivity index (χ4v) is 3.86. The lowest BCUT2D eigenvalue weighted by Gasteiger charge is -2.10. The average molecular weight is 282 g/mol. The summed E-state index contributed by atoms with van der Waals surface area (Å²) in [6.45, 7) is 2.17. The highest BCUT2D eigenvalue weighted by atomic mass is 79.9. The Morgan fingerprint density at radius 3 is 3.13 bits per heavy atom. The topological polar surface area (TPSA) is 15.8 Å². The van der Waals surface area contributed by atoms with Gasteiger partial charge >= 0.3 is 0 Å². The Morgan fingerprint density at radius 2 is 2.27 bits per heavy atom. The van der Waals surface area contributed by atoms with Gasteiger partial charge in [0.1, 0.15) is 0 Å². The molecule has 0 amide bonds.